The van der Waals surface area contributed by atoms with Crippen molar-refractivity contribution in [2.45, 2.75) is 69.2 Å². The van der Waals surface area contributed by atoms with Crippen LogP contribution in [0, 0.1) is 5.92 Å². The summed E-state index contributed by atoms with van der Waals surface area (Å²) >= 11 is 0. The molecular weight excluding hydrogens is 474 g/mol. The standard InChI is InChI=1S/C28H41N3O4S/c1-21(2)17-29-19-23-7-9-24(10-8-23)25-5-4-6-27(15-25)36(33,34)31-13-11-28(12-14-31)16-26(20-35-28)30-18-22(3)32/h4-10,15,21-22,26,29-30,32H,11-14,16-20H2,1-3H3/t22?,26-/m1/s1. The molecule has 3 N–H and O–H groups in total. The van der Waals surface area contributed by atoms with Gasteiger partial charge in [-0.05, 0) is 67.5 Å². The van der Waals surface area contributed by atoms with Crippen molar-refractivity contribution in [1.29, 1.82) is 0 Å². The van der Waals surface area contributed by atoms with Gasteiger partial charge in [0.2, 0.25) is 10.0 Å². The van der Waals surface area contributed by atoms with Crippen LogP contribution in [0.4, 0.5) is 0 Å². The molecule has 0 radical (unpaired) electrons. The predicted octanol–water partition coefficient (Wildman–Crippen LogP) is 3.38. The zero-order valence-electron chi connectivity index (χ0n) is 21.7. The number of sulfonamides is 1. The van der Waals surface area contributed by atoms with Crippen LogP contribution in [0.15, 0.2) is 53.4 Å². The Kier molecular flexibility index (Phi) is 8.86. The third kappa shape index (κ3) is 6.73. The highest BCUT2D eigenvalue weighted by Crippen LogP contribution is 2.37. The molecule has 2 fully saturated rings. The zero-order chi connectivity index (χ0) is 25.8. The van der Waals surface area contributed by atoms with Gasteiger partial charge in [-0.3, -0.25) is 0 Å². The molecule has 8 heteroatoms. The first-order chi connectivity index (χ1) is 17.2. The number of nitrogens with zero attached hydrogens (tertiary/aromatic N) is 1. The van der Waals surface area contributed by atoms with E-state index in [0.29, 0.717) is 49.9 Å². The second-order valence-electron chi connectivity index (χ2n) is 10.8. The van der Waals surface area contributed by atoms with Gasteiger partial charge in [0, 0.05) is 32.2 Å². The highest BCUT2D eigenvalue weighted by Gasteiger charge is 2.44. The van der Waals surface area contributed by atoms with Gasteiger partial charge in [0.05, 0.1) is 23.2 Å². The van der Waals surface area contributed by atoms with Gasteiger partial charge in [-0.2, -0.15) is 4.31 Å². The van der Waals surface area contributed by atoms with Crippen LogP contribution in [0.2, 0.25) is 0 Å². The number of hydrogen-bond acceptors (Lipinski definition) is 6. The molecule has 2 aromatic carbocycles. The van der Waals surface area contributed by atoms with E-state index in [1.165, 1.54) is 5.56 Å². The Morgan fingerprint density at radius 1 is 1.06 bits per heavy atom. The number of nitrogens with one attached hydrogen (secondary N) is 2. The summed E-state index contributed by atoms with van der Waals surface area (Å²) in [7, 11) is -3.58. The lowest BCUT2D eigenvalue weighted by molar-refractivity contribution is -0.0312. The molecule has 1 unspecified atom stereocenters. The van der Waals surface area contributed by atoms with Crippen LogP contribution in [0.3, 0.4) is 0 Å². The number of hydrogen-bond donors (Lipinski definition) is 3. The Morgan fingerprint density at radius 2 is 1.78 bits per heavy atom. The van der Waals surface area contributed by atoms with Crippen molar-refractivity contribution in [1.82, 2.24) is 14.9 Å². The molecule has 0 aliphatic carbocycles. The van der Waals surface area contributed by atoms with Crippen LogP contribution < -0.4 is 10.6 Å². The molecule has 2 aliphatic heterocycles. The first-order valence-corrected chi connectivity index (χ1v) is 14.6. The first kappa shape index (κ1) is 27.2. The Hall–Kier alpha value is -1.81. The molecule has 2 saturated heterocycles. The van der Waals surface area contributed by atoms with Crippen molar-refractivity contribution >= 4 is 10.0 Å². The maximum absolute atomic E-state index is 13.5. The van der Waals surface area contributed by atoms with E-state index in [4.69, 9.17) is 4.74 Å². The van der Waals surface area contributed by atoms with Crippen molar-refractivity contribution in [2.75, 3.05) is 32.8 Å². The Bertz CT molecular complexity index is 1090. The minimum Gasteiger partial charge on any atom is -0.392 e. The minimum atomic E-state index is -3.58. The van der Waals surface area contributed by atoms with E-state index in [-0.39, 0.29) is 11.6 Å². The number of rotatable bonds is 10. The van der Waals surface area contributed by atoms with Crippen LogP contribution >= 0.6 is 0 Å². The molecule has 2 heterocycles. The van der Waals surface area contributed by atoms with Gasteiger partial charge in [-0.25, -0.2) is 8.42 Å². The maximum atomic E-state index is 13.5. The molecule has 4 rings (SSSR count). The molecular formula is C28H41N3O4S. The maximum Gasteiger partial charge on any atom is 0.243 e. The van der Waals surface area contributed by atoms with Crippen LogP contribution in [-0.4, -0.2) is 68.4 Å². The second-order valence-corrected chi connectivity index (χ2v) is 12.7. The molecule has 2 atom stereocenters. The third-order valence-electron chi connectivity index (χ3n) is 7.19. The predicted molar refractivity (Wildman–Crippen MR) is 143 cm³/mol. The Morgan fingerprint density at radius 3 is 2.44 bits per heavy atom. The second kappa shape index (κ2) is 11.7. The fourth-order valence-electron chi connectivity index (χ4n) is 5.10. The van der Waals surface area contributed by atoms with Crippen LogP contribution in [0.1, 0.15) is 45.6 Å². The van der Waals surface area contributed by atoms with E-state index < -0.39 is 16.1 Å². The summed E-state index contributed by atoms with van der Waals surface area (Å²) in [6, 6.07) is 15.8. The van der Waals surface area contributed by atoms with Crippen molar-refractivity contribution in [3.8, 4) is 11.1 Å². The van der Waals surface area contributed by atoms with Crippen molar-refractivity contribution in [3.05, 3.63) is 54.1 Å². The monoisotopic (exact) mass is 515 g/mol. The van der Waals surface area contributed by atoms with Gasteiger partial charge in [-0.15, -0.1) is 0 Å². The first-order valence-electron chi connectivity index (χ1n) is 13.1. The lowest BCUT2D eigenvalue weighted by Crippen LogP contribution is -2.47. The van der Waals surface area contributed by atoms with E-state index in [0.717, 1.165) is 30.6 Å². The van der Waals surface area contributed by atoms with Gasteiger partial charge >= 0.3 is 0 Å². The molecule has 2 aromatic rings. The van der Waals surface area contributed by atoms with Crippen LogP contribution in [0.25, 0.3) is 11.1 Å². The molecule has 0 saturated carbocycles. The molecule has 7 nitrogen and oxygen atoms in total. The lowest BCUT2D eigenvalue weighted by Gasteiger charge is -2.38. The van der Waals surface area contributed by atoms with E-state index in [9.17, 15) is 13.5 Å². The van der Waals surface area contributed by atoms with Crippen molar-refractivity contribution in [3.63, 3.8) is 0 Å². The molecule has 0 bridgehead atoms. The largest absolute Gasteiger partial charge is 0.392 e. The normalized spacial score (nSPS) is 21.3. The van der Waals surface area contributed by atoms with Crippen LogP contribution in [0.5, 0.6) is 0 Å². The highest BCUT2D eigenvalue weighted by molar-refractivity contribution is 7.89. The van der Waals surface area contributed by atoms with Gasteiger partial charge in [0.25, 0.3) is 0 Å². The Balaban J connectivity index is 1.38. The summed E-state index contributed by atoms with van der Waals surface area (Å²) in [4.78, 5) is 0.336. The zero-order valence-corrected chi connectivity index (χ0v) is 22.6. The summed E-state index contributed by atoms with van der Waals surface area (Å²) in [6.07, 6.45) is 1.83. The number of piperidine rings is 1. The summed E-state index contributed by atoms with van der Waals surface area (Å²) in [5, 5.41) is 16.3. The van der Waals surface area contributed by atoms with Gasteiger partial charge < -0.3 is 20.5 Å². The van der Waals surface area contributed by atoms with E-state index in [1.54, 1.807) is 23.4 Å². The fourth-order valence-corrected chi connectivity index (χ4v) is 6.59. The number of benzene rings is 2. The van der Waals surface area contributed by atoms with Crippen LogP contribution in [-0.2, 0) is 21.3 Å². The van der Waals surface area contributed by atoms with E-state index >= 15 is 0 Å². The summed E-state index contributed by atoms with van der Waals surface area (Å²) < 4.78 is 34.7. The smallest absolute Gasteiger partial charge is 0.243 e. The third-order valence-corrected chi connectivity index (χ3v) is 9.08. The molecule has 2 aliphatic rings. The summed E-state index contributed by atoms with van der Waals surface area (Å²) in [6.45, 7) is 9.99. The molecule has 0 amide bonds. The fraction of sp³-hybridized carbons (Fsp3) is 0.571. The van der Waals surface area contributed by atoms with Crippen molar-refractivity contribution in [2.24, 2.45) is 5.92 Å². The van der Waals surface area contributed by atoms with E-state index in [1.807, 2.05) is 12.1 Å². The quantitative estimate of drug-likeness (QED) is 0.450. The van der Waals surface area contributed by atoms with Gasteiger partial charge in [0.15, 0.2) is 0 Å². The topological polar surface area (TPSA) is 90.9 Å². The molecule has 1 spiro atoms. The van der Waals surface area contributed by atoms with Gasteiger partial charge in [-0.1, -0.05) is 50.2 Å². The number of aliphatic hydroxyl groups is 1. The minimum absolute atomic E-state index is 0.205. The molecule has 36 heavy (non-hydrogen) atoms. The van der Waals surface area contributed by atoms with Crippen molar-refractivity contribution < 1.29 is 18.3 Å². The van der Waals surface area contributed by atoms with E-state index in [2.05, 4.69) is 48.7 Å². The van der Waals surface area contributed by atoms with Gasteiger partial charge in [0.1, 0.15) is 0 Å². The highest BCUT2D eigenvalue weighted by atomic mass is 32.2. The lowest BCUT2D eigenvalue weighted by atomic mass is 9.88. The average Bonchev–Trinajstić information content (AvgIpc) is 3.25. The number of aliphatic hydroxyl groups excluding tert-OH is 1. The Labute approximate surface area is 216 Å². The summed E-state index contributed by atoms with van der Waals surface area (Å²) in [5.74, 6) is 0.611. The molecule has 198 valence electrons. The molecule has 0 aromatic heterocycles. The summed E-state index contributed by atoms with van der Waals surface area (Å²) in [5.41, 5.74) is 2.85. The average molecular weight is 516 g/mol. The SMILES string of the molecule is CC(C)CNCc1ccc(-c2cccc(S(=O)(=O)N3CCC4(CC3)C[C@@H](NCC(C)O)CO4)c2)cc1. The number of ether oxygens (including phenoxy) is 1.